The number of unbranched alkanes of at least 4 members (excludes halogenated alkanes) is 26. The van der Waals surface area contributed by atoms with Crippen molar-refractivity contribution in [1.29, 1.82) is 0 Å². The summed E-state index contributed by atoms with van der Waals surface area (Å²) in [7, 11) is 5.91. The monoisotopic (exact) mass is 1080 g/mol. The first-order valence-corrected chi connectivity index (χ1v) is 31.4. The molecule has 9 heteroatoms. The molecular weight excluding hydrogens is 959 g/mol. The van der Waals surface area contributed by atoms with Gasteiger partial charge in [0.15, 0.2) is 12.4 Å². The molecule has 0 N–H and O–H groups in total. The van der Waals surface area contributed by atoms with Crippen LogP contribution in [0.15, 0.2) is 97.2 Å². The van der Waals surface area contributed by atoms with Crippen molar-refractivity contribution in [2.45, 2.75) is 270 Å². The van der Waals surface area contributed by atoms with Crippen molar-refractivity contribution in [2.75, 3.05) is 47.5 Å². The number of carboxylic acids is 1. The third kappa shape index (κ3) is 59.7. The summed E-state index contributed by atoms with van der Waals surface area (Å²) in [4.78, 5) is 37.4. The molecule has 0 aliphatic heterocycles. The Morgan fingerprint density at radius 1 is 0.403 bits per heavy atom. The Labute approximate surface area is 473 Å². The number of ether oxygens (including phenoxy) is 4. The van der Waals surface area contributed by atoms with Crippen LogP contribution in [0.1, 0.15) is 258 Å². The van der Waals surface area contributed by atoms with Gasteiger partial charge in [0, 0.05) is 12.8 Å². The highest BCUT2D eigenvalue weighted by Gasteiger charge is 2.22. The topological polar surface area (TPSA) is 111 Å². The van der Waals surface area contributed by atoms with E-state index in [1.54, 1.807) is 0 Å². The summed E-state index contributed by atoms with van der Waals surface area (Å²) in [5.74, 6) is -2.31. The molecule has 0 aromatic heterocycles. The Morgan fingerprint density at radius 3 is 1.12 bits per heavy atom. The second-order valence-corrected chi connectivity index (χ2v) is 22.0. The first-order chi connectivity index (χ1) is 37.6. The van der Waals surface area contributed by atoms with Crippen LogP contribution >= 0.6 is 0 Å². The summed E-state index contributed by atoms with van der Waals surface area (Å²) < 4.78 is 22.7. The van der Waals surface area contributed by atoms with Gasteiger partial charge in [-0.1, -0.05) is 246 Å². The molecule has 0 aliphatic carbocycles. The van der Waals surface area contributed by atoms with Gasteiger partial charge in [0.05, 0.1) is 40.3 Å². The third-order valence-corrected chi connectivity index (χ3v) is 13.3. The number of allylic oxidation sites excluding steroid dienone is 16. The van der Waals surface area contributed by atoms with E-state index in [2.05, 4.69) is 111 Å². The average molecular weight is 1080 g/mol. The number of carbonyl (C=O) groups is 3. The van der Waals surface area contributed by atoms with Crippen molar-refractivity contribution in [3.63, 3.8) is 0 Å². The second kappa shape index (κ2) is 58.4. The summed E-state index contributed by atoms with van der Waals surface area (Å²) in [5, 5.41) is 11.8. The van der Waals surface area contributed by atoms with E-state index in [1.165, 1.54) is 128 Å². The van der Waals surface area contributed by atoms with E-state index < -0.39 is 24.3 Å². The minimum atomic E-state index is -1.63. The van der Waals surface area contributed by atoms with Crippen LogP contribution in [-0.2, 0) is 33.3 Å². The minimum Gasteiger partial charge on any atom is -0.545 e. The number of hydrogen-bond acceptors (Lipinski definition) is 8. The number of hydrogen-bond donors (Lipinski definition) is 0. The van der Waals surface area contributed by atoms with E-state index in [0.717, 1.165) is 96.3 Å². The molecular formula is C68H117NO8. The summed E-state index contributed by atoms with van der Waals surface area (Å²) in [6, 6.07) is 0. The Hall–Kier alpha value is -3.79. The molecule has 77 heavy (non-hydrogen) atoms. The van der Waals surface area contributed by atoms with E-state index in [1.807, 2.05) is 21.1 Å². The van der Waals surface area contributed by atoms with Crippen molar-refractivity contribution in [2.24, 2.45) is 0 Å². The van der Waals surface area contributed by atoms with Gasteiger partial charge in [0.2, 0.25) is 0 Å². The lowest BCUT2D eigenvalue weighted by atomic mass is 10.0. The number of likely N-dealkylation sites (N-methyl/N-ethyl adjacent to an activating group) is 1. The van der Waals surface area contributed by atoms with Crippen LogP contribution in [0, 0.1) is 0 Å². The Bertz CT molecular complexity index is 1580. The molecule has 0 rings (SSSR count). The van der Waals surface area contributed by atoms with Crippen molar-refractivity contribution >= 4 is 17.9 Å². The van der Waals surface area contributed by atoms with Gasteiger partial charge in [0.1, 0.15) is 13.2 Å². The SMILES string of the molecule is CC/C=C\C/C=C\C/C=C\C/C=C\C/C=C\C/C=C\C/C=C\CCCCCCCC(=O)OC(COC(=O)CCCCCCCCCCCCCCC/C=C\CCCCCCCCCC)COC(OCC[N+](C)(C)C)C(=O)[O-]. The molecule has 0 saturated heterocycles. The molecule has 0 amide bonds. The van der Waals surface area contributed by atoms with E-state index in [0.29, 0.717) is 17.4 Å². The molecule has 0 aromatic rings. The molecule has 0 aliphatic rings. The van der Waals surface area contributed by atoms with Gasteiger partial charge in [-0.2, -0.15) is 0 Å². The van der Waals surface area contributed by atoms with Gasteiger partial charge in [0.25, 0.3) is 0 Å². The number of rotatable bonds is 57. The number of quaternary nitrogens is 1. The zero-order chi connectivity index (χ0) is 56.2. The quantitative estimate of drug-likeness (QED) is 0.0195. The number of nitrogens with zero attached hydrogens (tertiary/aromatic N) is 1. The molecule has 2 unspecified atom stereocenters. The van der Waals surface area contributed by atoms with Crippen molar-refractivity contribution < 1.29 is 42.9 Å². The fourth-order valence-electron chi connectivity index (χ4n) is 8.51. The van der Waals surface area contributed by atoms with Crippen LogP contribution in [0.5, 0.6) is 0 Å². The fourth-order valence-corrected chi connectivity index (χ4v) is 8.51. The van der Waals surface area contributed by atoms with E-state index in [9.17, 15) is 19.5 Å². The average Bonchev–Trinajstić information content (AvgIpc) is 3.40. The van der Waals surface area contributed by atoms with Crippen molar-refractivity contribution in [3.8, 4) is 0 Å². The highest BCUT2D eigenvalue weighted by molar-refractivity contribution is 5.70. The van der Waals surface area contributed by atoms with Gasteiger partial charge in [-0.25, -0.2) is 0 Å². The first-order valence-electron chi connectivity index (χ1n) is 31.4. The molecule has 0 heterocycles. The van der Waals surface area contributed by atoms with Crippen LogP contribution in [0.4, 0.5) is 0 Å². The van der Waals surface area contributed by atoms with Gasteiger partial charge >= 0.3 is 11.9 Å². The molecule has 0 saturated carbocycles. The molecule has 0 aromatic carbocycles. The maximum Gasteiger partial charge on any atom is 0.306 e. The predicted octanol–water partition coefficient (Wildman–Crippen LogP) is 17.6. The lowest BCUT2D eigenvalue weighted by Crippen LogP contribution is -2.44. The Kier molecular flexibility index (Phi) is 55.5. The van der Waals surface area contributed by atoms with Crippen LogP contribution in [0.25, 0.3) is 0 Å². The smallest absolute Gasteiger partial charge is 0.306 e. The highest BCUT2D eigenvalue weighted by atomic mass is 16.7. The maximum absolute atomic E-state index is 12.9. The van der Waals surface area contributed by atoms with Crippen LogP contribution in [0.2, 0.25) is 0 Å². The fraction of sp³-hybridized carbons (Fsp3) is 0.721. The molecule has 2 atom stereocenters. The minimum absolute atomic E-state index is 0.139. The van der Waals surface area contributed by atoms with Crippen LogP contribution in [0.3, 0.4) is 0 Å². The van der Waals surface area contributed by atoms with Gasteiger partial charge in [-0.15, -0.1) is 0 Å². The molecule has 0 radical (unpaired) electrons. The first kappa shape index (κ1) is 73.2. The van der Waals surface area contributed by atoms with E-state index in [-0.39, 0.29) is 38.6 Å². The maximum atomic E-state index is 12.9. The number of carboxylic acid groups (broad SMARTS) is 1. The molecule has 9 nitrogen and oxygen atoms in total. The highest BCUT2D eigenvalue weighted by Crippen LogP contribution is 2.16. The summed E-state index contributed by atoms with van der Waals surface area (Å²) >= 11 is 0. The summed E-state index contributed by atoms with van der Waals surface area (Å²) in [6.07, 6.45) is 76.0. The Morgan fingerprint density at radius 2 is 0.740 bits per heavy atom. The Balaban J connectivity index is 4.27. The van der Waals surface area contributed by atoms with E-state index >= 15 is 0 Å². The van der Waals surface area contributed by atoms with E-state index in [4.69, 9.17) is 18.9 Å². The molecule has 0 bridgehead atoms. The van der Waals surface area contributed by atoms with Gasteiger partial charge in [-0.05, 0) is 96.3 Å². The largest absolute Gasteiger partial charge is 0.545 e. The number of esters is 2. The standard InChI is InChI=1S/C68H117NO8/c1-6-8-10-12-14-16-18-20-22-24-26-28-30-32-33-35-37-39-41-43-45-47-49-51-53-55-57-59-66(71)77-64(63-76-68(67(72)73)74-61-60-69(3,4)5)62-75-65(70)58-56-54-52-50-48-46-44-42-40-38-36-34-31-29-27-25-23-21-19-17-15-13-11-9-7-2/h8,10,14,16,20,22,25-28,32-33,37,39,43,45,64,68H,6-7,9,11-13,15,17-19,21,23-24,29-31,34-36,38,40-42,44,46-63H2,1-5H3/b10-8-,16-14-,22-20-,27-25-,28-26-,33-32-,39-37-,45-43-. The summed E-state index contributed by atoms with van der Waals surface area (Å²) in [6.45, 7) is 4.62. The molecule has 0 spiro atoms. The number of carbonyl (C=O) groups excluding carboxylic acids is 3. The van der Waals surface area contributed by atoms with Crippen molar-refractivity contribution in [1.82, 2.24) is 0 Å². The van der Waals surface area contributed by atoms with Crippen LogP contribution in [-0.4, -0.2) is 82.3 Å². The second-order valence-electron chi connectivity index (χ2n) is 22.0. The molecule has 442 valence electrons. The molecule has 0 fully saturated rings. The van der Waals surface area contributed by atoms with Gasteiger partial charge in [-0.3, -0.25) is 9.59 Å². The normalized spacial score (nSPS) is 13.4. The summed E-state index contributed by atoms with van der Waals surface area (Å²) in [5.41, 5.74) is 0. The predicted molar refractivity (Wildman–Crippen MR) is 324 cm³/mol. The lowest BCUT2D eigenvalue weighted by molar-refractivity contribution is -0.870. The van der Waals surface area contributed by atoms with Crippen LogP contribution < -0.4 is 5.11 Å². The van der Waals surface area contributed by atoms with Crippen molar-refractivity contribution in [3.05, 3.63) is 97.2 Å². The zero-order valence-corrected chi connectivity index (χ0v) is 50.3. The number of aliphatic carboxylic acids is 1. The van der Waals surface area contributed by atoms with Gasteiger partial charge < -0.3 is 33.3 Å². The zero-order valence-electron chi connectivity index (χ0n) is 50.3. The third-order valence-electron chi connectivity index (χ3n) is 13.3. The lowest BCUT2D eigenvalue weighted by Gasteiger charge is -2.26.